The van der Waals surface area contributed by atoms with Crippen LogP contribution in [-0.4, -0.2) is 57.6 Å². The van der Waals surface area contributed by atoms with Gasteiger partial charge in [-0.05, 0) is 56.0 Å². The third-order valence-electron chi connectivity index (χ3n) is 5.36. The predicted molar refractivity (Wildman–Crippen MR) is 123 cm³/mol. The molecule has 0 radical (unpaired) electrons. The minimum atomic E-state index is -3.71. The molecule has 0 saturated heterocycles. The second-order valence-electron chi connectivity index (χ2n) is 7.65. The van der Waals surface area contributed by atoms with Crippen molar-refractivity contribution in [2.24, 2.45) is 0 Å². The lowest BCUT2D eigenvalue weighted by molar-refractivity contribution is -0.138. The van der Waals surface area contributed by atoms with Gasteiger partial charge in [0.05, 0.1) is 11.9 Å². The fourth-order valence-corrected chi connectivity index (χ4v) is 4.11. The topological polar surface area (TPSA) is 86.8 Å². The highest BCUT2D eigenvalue weighted by Crippen LogP contribution is 2.21. The van der Waals surface area contributed by atoms with Gasteiger partial charge in [-0.3, -0.25) is 13.9 Å². The summed E-state index contributed by atoms with van der Waals surface area (Å²) >= 11 is 0. The van der Waals surface area contributed by atoms with Crippen molar-refractivity contribution in [3.05, 3.63) is 65.2 Å². The van der Waals surface area contributed by atoms with Gasteiger partial charge in [0.15, 0.2) is 0 Å². The lowest BCUT2D eigenvalue weighted by atomic mass is 10.1. The number of nitrogens with one attached hydrogen (secondary N) is 1. The summed E-state index contributed by atoms with van der Waals surface area (Å²) in [6, 6.07) is 14.2. The number of rotatable bonds is 9. The Morgan fingerprint density at radius 2 is 1.68 bits per heavy atom. The number of hydrogen-bond donors (Lipinski definition) is 1. The van der Waals surface area contributed by atoms with Gasteiger partial charge in [-0.25, -0.2) is 8.42 Å². The van der Waals surface area contributed by atoms with E-state index in [0.29, 0.717) is 18.7 Å². The molecule has 2 aromatic rings. The predicted octanol–water partition coefficient (Wildman–Crippen LogP) is 2.28. The van der Waals surface area contributed by atoms with Gasteiger partial charge in [-0.15, -0.1) is 0 Å². The van der Waals surface area contributed by atoms with Crippen LogP contribution >= 0.6 is 0 Å². The van der Waals surface area contributed by atoms with Crippen LogP contribution in [0, 0.1) is 13.8 Å². The molecule has 2 amide bonds. The number of carbonyl (C=O) groups excluding carboxylic acids is 2. The molecule has 2 aromatic carbocycles. The number of benzene rings is 2. The number of anilines is 1. The first kappa shape index (κ1) is 24.4. The van der Waals surface area contributed by atoms with Crippen molar-refractivity contribution >= 4 is 27.5 Å². The summed E-state index contributed by atoms with van der Waals surface area (Å²) in [5.41, 5.74) is 3.41. The Kier molecular flexibility index (Phi) is 8.21. The minimum absolute atomic E-state index is 0.294. The number of hydrogen-bond acceptors (Lipinski definition) is 4. The molecule has 0 unspecified atom stereocenters. The summed E-state index contributed by atoms with van der Waals surface area (Å²) in [6.45, 7) is 5.38. The van der Waals surface area contributed by atoms with Crippen molar-refractivity contribution in [2.75, 3.05) is 30.7 Å². The highest BCUT2D eigenvalue weighted by atomic mass is 32.2. The number of amides is 2. The van der Waals surface area contributed by atoms with E-state index in [2.05, 4.69) is 5.32 Å². The largest absolute Gasteiger partial charge is 0.357 e. The van der Waals surface area contributed by atoms with Crippen LogP contribution < -0.4 is 9.62 Å². The summed E-state index contributed by atoms with van der Waals surface area (Å²) in [6.07, 6.45) is 1.63. The molecule has 7 nitrogen and oxygen atoms in total. The zero-order chi connectivity index (χ0) is 23.2. The molecule has 2 rings (SSSR count). The molecule has 168 valence electrons. The monoisotopic (exact) mass is 445 g/mol. The summed E-state index contributed by atoms with van der Waals surface area (Å²) in [7, 11) is -2.20. The molecule has 0 heterocycles. The first-order valence-electron chi connectivity index (χ1n) is 10.1. The third-order valence-corrected chi connectivity index (χ3v) is 6.50. The Morgan fingerprint density at radius 1 is 1.03 bits per heavy atom. The van der Waals surface area contributed by atoms with Crippen molar-refractivity contribution in [3.63, 3.8) is 0 Å². The lowest BCUT2D eigenvalue weighted by Crippen LogP contribution is -2.51. The SMILES string of the molecule is CNC(=O)[C@H](C)N(CCc1ccccc1)C(=O)CN(c1ccc(C)c(C)c1)S(C)(=O)=O. The Labute approximate surface area is 185 Å². The first-order valence-corrected chi connectivity index (χ1v) is 12.0. The lowest BCUT2D eigenvalue weighted by Gasteiger charge is -2.31. The number of sulfonamides is 1. The van der Waals surface area contributed by atoms with E-state index >= 15 is 0 Å². The van der Waals surface area contributed by atoms with Gasteiger partial charge in [0.25, 0.3) is 0 Å². The average Bonchev–Trinajstić information content (AvgIpc) is 2.73. The van der Waals surface area contributed by atoms with Crippen molar-refractivity contribution in [3.8, 4) is 0 Å². The van der Waals surface area contributed by atoms with E-state index in [-0.39, 0.29) is 12.5 Å². The molecule has 0 saturated carbocycles. The van der Waals surface area contributed by atoms with E-state index in [4.69, 9.17) is 0 Å². The van der Waals surface area contributed by atoms with Crippen molar-refractivity contribution in [1.29, 1.82) is 0 Å². The summed E-state index contributed by atoms with van der Waals surface area (Å²) in [5.74, 6) is -0.741. The summed E-state index contributed by atoms with van der Waals surface area (Å²) in [5, 5.41) is 2.56. The van der Waals surface area contributed by atoms with Crippen LogP contribution in [0.15, 0.2) is 48.5 Å². The Balaban J connectivity index is 2.31. The molecule has 0 aliphatic carbocycles. The first-order chi connectivity index (χ1) is 14.5. The summed E-state index contributed by atoms with van der Waals surface area (Å²) < 4.78 is 26.1. The molecule has 1 atom stereocenters. The molecule has 0 bridgehead atoms. The van der Waals surface area contributed by atoms with Gasteiger partial charge in [-0.1, -0.05) is 36.4 Å². The third kappa shape index (κ3) is 6.55. The number of likely N-dealkylation sites (N-methyl/N-ethyl adjacent to an activating group) is 1. The molecule has 0 aliphatic heterocycles. The van der Waals surface area contributed by atoms with Crippen LogP contribution in [0.5, 0.6) is 0 Å². The highest BCUT2D eigenvalue weighted by molar-refractivity contribution is 7.92. The normalized spacial score (nSPS) is 12.2. The molecule has 0 fully saturated rings. The van der Waals surface area contributed by atoms with Crippen molar-refractivity contribution in [1.82, 2.24) is 10.2 Å². The van der Waals surface area contributed by atoms with Gasteiger partial charge in [0.1, 0.15) is 12.6 Å². The van der Waals surface area contributed by atoms with Crippen LogP contribution in [0.25, 0.3) is 0 Å². The van der Waals surface area contributed by atoms with Crippen LogP contribution in [0.4, 0.5) is 5.69 Å². The number of aryl methyl sites for hydroxylation is 2. The maximum Gasteiger partial charge on any atom is 0.244 e. The highest BCUT2D eigenvalue weighted by Gasteiger charge is 2.29. The molecule has 0 aromatic heterocycles. The molecule has 31 heavy (non-hydrogen) atoms. The van der Waals surface area contributed by atoms with E-state index in [1.165, 1.54) is 11.9 Å². The van der Waals surface area contributed by atoms with Crippen LogP contribution in [0.3, 0.4) is 0 Å². The quantitative estimate of drug-likeness (QED) is 0.642. The number of nitrogens with zero attached hydrogens (tertiary/aromatic N) is 2. The maximum absolute atomic E-state index is 13.2. The van der Waals surface area contributed by atoms with Crippen molar-refractivity contribution in [2.45, 2.75) is 33.2 Å². The molecule has 1 N–H and O–H groups in total. The van der Waals surface area contributed by atoms with Crippen molar-refractivity contribution < 1.29 is 18.0 Å². The van der Waals surface area contributed by atoms with Gasteiger partial charge >= 0.3 is 0 Å². The zero-order valence-electron chi connectivity index (χ0n) is 18.8. The van der Waals surface area contributed by atoms with E-state index in [9.17, 15) is 18.0 Å². The molecular weight excluding hydrogens is 414 g/mol. The number of carbonyl (C=O) groups is 2. The second-order valence-corrected chi connectivity index (χ2v) is 9.56. The zero-order valence-corrected chi connectivity index (χ0v) is 19.6. The van der Waals surface area contributed by atoms with Crippen LogP contribution in [-0.2, 0) is 26.0 Å². The van der Waals surface area contributed by atoms with Gasteiger partial charge in [-0.2, -0.15) is 0 Å². The van der Waals surface area contributed by atoms with Crippen LogP contribution in [0.1, 0.15) is 23.6 Å². The van der Waals surface area contributed by atoms with E-state index in [1.807, 2.05) is 50.2 Å². The minimum Gasteiger partial charge on any atom is -0.357 e. The molecule has 0 aliphatic rings. The Bertz CT molecular complexity index is 1020. The molecular formula is C23H31N3O4S. The standard InChI is InChI=1S/C23H31N3O4S/c1-17-11-12-21(15-18(17)2)26(31(5,29)30)16-22(27)25(19(3)23(28)24-4)14-13-20-9-7-6-8-10-20/h6-12,15,19H,13-14,16H2,1-5H3,(H,24,28)/t19-/m0/s1. The second kappa shape index (κ2) is 10.4. The fraction of sp³-hybridized carbons (Fsp3) is 0.391. The van der Waals surface area contributed by atoms with Gasteiger partial charge in [0, 0.05) is 13.6 Å². The average molecular weight is 446 g/mol. The molecule has 8 heteroatoms. The maximum atomic E-state index is 13.2. The smallest absolute Gasteiger partial charge is 0.244 e. The van der Waals surface area contributed by atoms with Crippen LogP contribution in [0.2, 0.25) is 0 Å². The Morgan fingerprint density at radius 3 is 2.23 bits per heavy atom. The van der Waals surface area contributed by atoms with Gasteiger partial charge in [0.2, 0.25) is 21.8 Å². The van der Waals surface area contributed by atoms with E-state index < -0.39 is 22.0 Å². The summed E-state index contributed by atoms with van der Waals surface area (Å²) in [4.78, 5) is 27.0. The van der Waals surface area contributed by atoms with Gasteiger partial charge < -0.3 is 10.2 Å². The Hall–Kier alpha value is -2.87. The van der Waals surface area contributed by atoms with E-state index in [1.54, 1.807) is 19.1 Å². The molecule has 0 spiro atoms. The van der Waals surface area contributed by atoms with E-state index in [0.717, 1.165) is 27.3 Å². The fourth-order valence-electron chi connectivity index (χ4n) is 3.27.